The third kappa shape index (κ3) is 3.96. The van der Waals surface area contributed by atoms with Crippen LogP contribution in [-0.2, 0) is 0 Å². The van der Waals surface area contributed by atoms with Crippen molar-refractivity contribution in [3.63, 3.8) is 0 Å². The summed E-state index contributed by atoms with van der Waals surface area (Å²) in [5.74, 6) is 0. The van der Waals surface area contributed by atoms with Crippen LogP contribution in [0.3, 0.4) is 0 Å². The molecular weight excluding hydrogens is 765 g/mol. The van der Waals surface area contributed by atoms with Gasteiger partial charge in [0.15, 0.2) is 11.2 Å². The minimum atomic E-state index is 0.778. The van der Waals surface area contributed by atoms with Gasteiger partial charge < -0.3 is 27.0 Å². The molecule has 0 radical (unpaired) electrons. The Bertz CT molecular complexity index is 4160. The quantitative estimate of drug-likeness (QED) is 0.164. The Labute approximate surface area is 350 Å². The minimum Gasteiger partial charge on any atom is -0.372 e. The lowest BCUT2D eigenvalue weighted by molar-refractivity contribution is 0.412. The summed E-state index contributed by atoms with van der Waals surface area (Å²) in [7, 11) is 0. The molecule has 0 saturated heterocycles. The molecule has 6 heterocycles. The van der Waals surface area contributed by atoms with E-state index in [0.717, 1.165) is 111 Å². The van der Waals surface area contributed by atoms with Gasteiger partial charge >= 0.3 is 0 Å². The standard InChI is InChI=1S/C54H32N6O2/c1-3-15-33(16-4-1)55-41-25-13-27-43-53(41)59(61-49-29-11-21-37-35-19-7-9-23-39(35)57(43)51(37)49)47-32-48-46(31-45(47)55)56(34-17-5-2-6-18-34)42-26-14-28-44-54(42)60(48)62-50-30-12-22-38-36-20-8-10-24-40(36)58(44)52(38)50/h1-32H. The first-order valence-electron chi connectivity index (χ1n) is 21.0. The summed E-state index contributed by atoms with van der Waals surface area (Å²) >= 11 is 0. The van der Waals surface area contributed by atoms with Gasteiger partial charge in [-0.15, -0.1) is 0 Å². The van der Waals surface area contributed by atoms with Crippen LogP contribution in [0.5, 0.6) is 0 Å². The van der Waals surface area contributed by atoms with Crippen LogP contribution in [0.25, 0.3) is 121 Å². The number of hydrogen-bond acceptors (Lipinski definition) is 2. The Balaban J connectivity index is 1.26. The molecule has 0 spiro atoms. The summed E-state index contributed by atoms with van der Waals surface area (Å²) < 4.78 is 28.3. The molecule has 0 saturated carbocycles. The van der Waals surface area contributed by atoms with Gasteiger partial charge in [-0.3, -0.25) is 0 Å². The number of hydrogen-bond donors (Lipinski definition) is 0. The summed E-state index contributed by atoms with van der Waals surface area (Å²) in [6, 6.07) is 69.1. The summed E-state index contributed by atoms with van der Waals surface area (Å²) in [6.07, 6.45) is 0. The van der Waals surface area contributed by atoms with E-state index in [2.05, 4.69) is 221 Å². The second-order valence-corrected chi connectivity index (χ2v) is 16.2. The highest BCUT2D eigenvalue weighted by Gasteiger charge is 2.24. The van der Waals surface area contributed by atoms with Gasteiger partial charge in [0.05, 0.1) is 55.2 Å². The zero-order valence-corrected chi connectivity index (χ0v) is 33.0. The van der Waals surface area contributed by atoms with Crippen molar-refractivity contribution in [2.45, 2.75) is 0 Å². The third-order valence-electron chi connectivity index (χ3n) is 13.1. The molecule has 0 N–H and O–H groups in total. The predicted octanol–water partition coefficient (Wildman–Crippen LogP) is 13.8. The van der Waals surface area contributed by atoms with Crippen molar-refractivity contribution in [3.8, 4) is 11.4 Å². The molecule has 8 nitrogen and oxygen atoms in total. The average Bonchev–Trinajstić information content (AvgIpc) is 3.73. The maximum absolute atomic E-state index is 7.32. The number of benzene rings is 9. The van der Waals surface area contributed by atoms with Gasteiger partial charge in [0.25, 0.3) is 0 Å². The Morgan fingerprint density at radius 1 is 0.258 bits per heavy atom. The molecule has 8 heteroatoms. The molecule has 15 rings (SSSR count). The van der Waals surface area contributed by atoms with Crippen LogP contribution in [0, 0.1) is 0 Å². The predicted molar refractivity (Wildman–Crippen MR) is 251 cm³/mol. The molecule has 0 aliphatic rings. The zero-order chi connectivity index (χ0) is 40.2. The topological polar surface area (TPSA) is 53.8 Å². The fourth-order valence-corrected chi connectivity index (χ4v) is 10.6. The molecular formula is C54H32N6O2. The first kappa shape index (κ1) is 32.3. The lowest BCUT2D eigenvalue weighted by Crippen LogP contribution is -2.09. The molecule has 6 aromatic heterocycles. The van der Waals surface area contributed by atoms with E-state index in [-0.39, 0.29) is 0 Å². The Morgan fingerprint density at radius 2 is 0.629 bits per heavy atom. The van der Waals surface area contributed by atoms with Gasteiger partial charge in [-0.05, 0) is 84.9 Å². The molecule has 62 heavy (non-hydrogen) atoms. The van der Waals surface area contributed by atoms with Crippen molar-refractivity contribution < 1.29 is 9.05 Å². The molecule has 9 aromatic carbocycles. The molecule has 0 bridgehead atoms. The van der Waals surface area contributed by atoms with E-state index in [1.807, 2.05) is 0 Å². The average molecular weight is 797 g/mol. The molecule has 0 amide bonds. The van der Waals surface area contributed by atoms with Gasteiger partial charge in [-0.1, -0.05) is 109 Å². The number of nitrogens with zero attached hydrogens (tertiary/aromatic N) is 6. The minimum absolute atomic E-state index is 0.778. The van der Waals surface area contributed by atoms with Crippen LogP contribution in [0.2, 0.25) is 0 Å². The Kier molecular flexibility index (Phi) is 6.01. The van der Waals surface area contributed by atoms with Crippen molar-refractivity contribution in [2.75, 3.05) is 0 Å². The summed E-state index contributed by atoms with van der Waals surface area (Å²) in [6.45, 7) is 0. The second-order valence-electron chi connectivity index (χ2n) is 16.2. The van der Waals surface area contributed by atoms with E-state index in [1.165, 1.54) is 10.8 Å². The summed E-state index contributed by atoms with van der Waals surface area (Å²) in [5.41, 5.74) is 17.6. The monoisotopic (exact) mass is 796 g/mol. The van der Waals surface area contributed by atoms with Gasteiger partial charge in [0, 0.05) is 32.9 Å². The highest BCUT2D eigenvalue weighted by Crippen LogP contribution is 2.41. The third-order valence-corrected chi connectivity index (χ3v) is 13.1. The SMILES string of the molecule is c1ccc(-n2c3cc4c(cc3n3oc5cccc6c7ccccc7n(c7cccc2c73)c56)n2oc3cccc5c6ccccc6n(c6cccc(c62)n4-c2ccccc2)c35)cc1. The Hall–Kier alpha value is -8.62. The van der Waals surface area contributed by atoms with E-state index in [9.17, 15) is 0 Å². The highest BCUT2D eigenvalue weighted by molar-refractivity contribution is 6.17. The maximum Gasteiger partial charge on any atom is 0.180 e. The van der Waals surface area contributed by atoms with Crippen LogP contribution >= 0.6 is 0 Å². The first-order chi connectivity index (χ1) is 30.8. The fourth-order valence-electron chi connectivity index (χ4n) is 10.6. The highest BCUT2D eigenvalue weighted by atomic mass is 16.5. The largest absolute Gasteiger partial charge is 0.372 e. The van der Waals surface area contributed by atoms with Crippen LogP contribution in [0.4, 0.5) is 0 Å². The van der Waals surface area contributed by atoms with E-state index >= 15 is 0 Å². The first-order valence-corrected chi connectivity index (χ1v) is 21.0. The molecule has 290 valence electrons. The van der Waals surface area contributed by atoms with Gasteiger partial charge in [0.2, 0.25) is 0 Å². The normalized spacial score (nSPS) is 12.5. The number of rotatable bonds is 2. The molecule has 0 fully saturated rings. The van der Waals surface area contributed by atoms with E-state index in [0.29, 0.717) is 0 Å². The lowest BCUT2D eigenvalue weighted by atomic mass is 10.1. The van der Waals surface area contributed by atoms with Gasteiger partial charge in [-0.25, -0.2) is 0 Å². The summed E-state index contributed by atoms with van der Waals surface area (Å²) in [5, 5.41) is 4.66. The lowest BCUT2D eigenvalue weighted by Gasteiger charge is -2.21. The van der Waals surface area contributed by atoms with Gasteiger partial charge in [-0.2, -0.15) is 9.15 Å². The van der Waals surface area contributed by atoms with E-state index < -0.39 is 0 Å². The van der Waals surface area contributed by atoms with Crippen molar-refractivity contribution in [3.05, 3.63) is 194 Å². The van der Waals surface area contributed by atoms with Crippen molar-refractivity contribution >= 4 is 110 Å². The van der Waals surface area contributed by atoms with Crippen LogP contribution < -0.4 is 0 Å². The van der Waals surface area contributed by atoms with E-state index in [4.69, 9.17) is 9.05 Å². The molecule has 0 aliphatic carbocycles. The molecule has 0 unspecified atom stereocenters. The summed E-state index contributed by atoms with van der Waals surface area (Å²) in [4.78, 5) is 0. The van der Waals surface area contributed by atoms with Crippen molar-refractivity contribution in [2.24, 2.45) is 0 Å². The fraction of sp³-hybridized carbons (Fsp3) is 0. The van der Waals surface area contributed by atoms with Crippen LogP contribution in [0.15, 0.2) is 203 Å². The van der Waals surface area contributed by atoms with Crippen molar-refractivity contribution in [1.82, 2.24) is 27.1 Å². The number of fused-ring (bicyclic) bond motifs is 12. The zero-order valence-electron chi connectivity index (χ0n) is 33.0. The Morgan fingerprint density at radius 3 is 1.11 bits per heavy atom. The second kappa shape index (κ2) is 11.6. The molecule has 15 aromatic rings. The van der Waals surface area contributed by atoms with Crippen LogP contribution in [-0.4, -0.2) is 27.1 Å². The van der Waals surface area contributed by atoms with Crippen molar-refractivity contribution in [1.29, 1.82) is 0 Å². The van der Waals surface area contributed by atoms with Crippen LogP contribution in [0.1, 0.15) is 0 Å². The number of aromatic nitrogens is 6. The molecule has 0 aliphatic heterocycles. The number of para-hydroxylation sites is 8. The molecule has 0 atom stereocenters. The smallest absolute Gasteiger partial charge is 0.180 e. The maximum atomic E-state index is 7.32. The van der Waals surface area contributed by atoms with Gasteiger partial charge in [0.1, 0.15) is 22.1 Å². The van der Waals surface area contributed by atoms with E-state index in [1.54, 1.807) is 0 Å².